The van der Waals surface area contributed by atoms with Gasteiger partial charge in [-0.3, -0.25) is 0 Å². The number of aromatic nitrogens is 1. The number of aryl methyl sites for hydroxylation is 3. The van der Waals surface area contributed by atoms with Crippen LogP contribution in [0.15, 0.2) is 23.6 Å². The van der Waals surface area contributed by atoms with Crippen LogP contribution < -0.4 is 5.32 Å². The highest BCUT2D eigenvalue weighted by Crippen LogP contribution is 2.16. The van der Waals surface area contributed by atoms with Crippen LogP contribution in [0.4, 0.5) is 0 Å². The molecular weight excluding hydrogens is 276 g/mol. The molecule has 0 aliphatic rings. The number of hydrogen-bond acceptors (Lipinski definition) is 3. The minimum absolute atomic E-state index is 0.469. The molecule has 0 aliphatic carbocycles. The summed E-state index contributed by atoms with van der Waals surface area (Å²) in [4.78, 5) is 4.61. The SMILES string of the molecule is CCCNC(Cc1cc(C)cc(C)c1)Cc1nc(C)cs1. The molecule has 0 spiro atoms. The average Bonchev–Trinajstić information content (AvgIpc) is 2.80. The van der Waals surface area contributed by atoms with E-state index < -0.39 is 0 Å². The molecule has 21 heavy (non-hydrogen) atoms. The molecule has 2 aromatic rings. The Balaban J connectivity index is 2.07. The minimum atomic E-state index is 0.469. The van der Waals surface area contributed by atoms with Gasteiger partial charge in [0.15, 0.2) is 0 Å². The van der Waals surface area contributed by atoms with Crippen molar-refractivity contribution in [3.05, 3.63) is 51.0 Å². The fourth-order valence-electron chi connectivity index (χ4n) is 2.74. The highest BCUT2D eigenvalue weighted by Gasteiger charge is 2.12. The fourth-order valence-corrected chi connectivity index (χ4v) is 3.60. The topological polar surface area (TPSA) is 24.9 Å². The molecule has 0 saturated carbocycles. The van der Waals surface area contributed by atoms with Crippen LogP contribution in [0.5, 0.6) is 0 Å². The predicted octanol–water partition coefficient (Wildman–Crippen LogP) is 4.22. The first kappa shape index (κ1) is 16.2. The van der Waals surface area contributed by atoms with Crippen LogP contribution in [0.3, 0.4) is 0 Å². The van der Waals surface area contributed by atoms with Gasteiger partial charge in [-0.1, -0.05) is 36.2 Å². The zero-order chi connectivity index (χ0) is 15.2. The van der Waals surface area contributed by atoms with Gasteiger partial charge in [-0.05, 0) is 45.7 Å². The lowest BCUT2D eigenvalue weighted by Crippen LogP contribution is -2.33. The second-order valence-electron chi connectivity index (χ2n) is 5.94. The highest BCUT2D eigenvalue weighted by atomic mass is 32.1. The molecule has 1 N–H and O–H groups in total. The van der Waals surface area contributed by atoms with Gasteiger partial charge in [0, 0.05) is 23.5 Å². The monoisotopic (exact) mass is 302 g/mol. The van der Waals surface area contributed by atoms with Crippen molar-refractivity contribution in [2.45, 2.75) is 53.0 Å². The summed E-state index contributed by atoms with van der Waals surface area (Å²) in [6.45, 7) is 9.71. The third-order valence-corrected chi connectivity index (χ3v) is 4.52. The maximum Gasteiger partial charge on any atom is 0.0943 e. The van der Waals surface area contributed by atoms with E-state index in [0.717, 1.165) is 25.1 Å². The Morgan fingerprint density at radius 1 is 1.10 bits per heavy atom. The maximum absolute atomic E-state index is 4.61. The largest absolute Gasteiger partial charge is 0.313 e. The van der Waals surface area contributed by atoms with Gasteiger partial charge in [-0.15, -0.1) is 11.3 Å². The van der Waals surface area contributed by atoms with Gasteiger partial charge in [0.25, 0.3) is 0 Å². The Bertz CT molecular complexity index is 554. The molecule has 2 rings (SSSR count). The van der Waals surface area contributed by atoms with Crippen molar-refractivity contribution in [1.29, 1.82) is 0 Å². The smallest absolute Gasteiger partial charge is 0.0943 e. The summed E-state index contributed by atoms with van der Waals surface area (Å²) in [5, 5.41) is 7.06. The van der Waals surface area contributed by atoms with Crippen LogP contribution in [0.25, 0.3) is 0 Å². The van der Waals surface area contributed by atoms with Gasteiger partial charge in [0.2, 0.25) is 0 Å². The standard InChI is InChI=1S/C18H26N2S/c1-5-6-19-17(11-18-20-15(4)12-21-18)10-16-8-13(2)7-14(3)9-16/h7-9,12,17,19H,5-6,10-11H2,1-4H3. The zero-order valence-electron chi connectivity index (χ0n) is 13.6. The minimum Gasteiger partial charge on any atom is -0.313 e. The molecular formula is C18H26N2S. The third kappa shape index (κ3) is 5.25. The summed E-state index contributed by atoms with van der Waals surface area (Å²) >= 11 is 1.78. The molecule has 1 aromatic carbocycles. The second kappa shape index (κ2) is 7.71. The van der Waals surface area contributed by atoms with E-state index in [-0.39, 0.29) is 0 Å². The summed E-state index contributed by atoms with van der Waals surface area (Å²) in [5.74, 6) is 0. The summed E-state index contributed by atoms with van der Waals surface area (Å²) in [6.07, 6.45) is 3.26. The summed E-state index contributed by atoms with van der Waals surface area (Å²) in [6, 6.07) is 7.32. The lowest BCUT2D eigenvalue weighted by Gasteiger charge is -2.18. The van der Waals surface area contributed by atoms with Crippen LogP contribution in [0.1, 0.15) is 40.7 Å². The summed E-state index contributed by atoms with van der Waals surface area (Å²) < 4.78 is 0. The Kier molecular flexibility index (Phi) is 5.95. The molecule has 1 atom stereocenters. The lowest BCUT2D eigenvalue weighted by molar-refractivity contribution is 0.503. The number of thiazole rings is 1. The Labute approximate surface area is 132 Å². The molecule has 0 bridgehead atoms. The van der Waals surface area contributed by atoms with Crippen LogP contribution in [-0.4, -0.2) is 17.6 Å². The van der Waals surface area contributed by atoms with E-state index in [1.54, 1.807) is 11.3 Å². The van der Waals surface area contributed by atoms with Gasteiger partial charge in [0.1, 0.15) is 0 Å². The third-order valence-electron chi connectivity index (χ3n) is 3.53. The first-order valence-electron chi connectivity index (χ1n) is 7.78. The quantitative estimate of drug-likeness (QED) is 0.828. The Morgan fingerprint density at radius 2 is 1.81 bits per heavy atom. The highest BCUT2D eigenvalue weighted by molar-refractivity contribution is 7.09. The van der Waals surface area contributed by atoms with Crippen LogP contribution >= 0.6 is 11.3 Å². The molecule has 3 heteroatoms. The van der Waals surface area contributed by atoms with Crippen molar-refractivity contribution < 1.29 is 0 Å². The van der Waals surface area contributed by atoms with Gasteiger partial charge in [0.05, 0.1) is 5.01 Å². The molecule has 0 saturated heterocycles. The van der Waals surface area contributed by atoms with E-state index in [1.165, 1.54) is 28.1 Å². The number of benzene rings is 1. The molecule has 0 fully saturated rings. The van der Waals surface area contributed by atoms with E-state index in [4.69, 9.17) is 0 Å². The summed E-state index contributed by atoms with van der Waals surface area (Å²) in [5.41, 5.74) is 5.26. The summed E-state index contributed by atoms with van der Waals surface area (Å²) in [7, 11) is 0. The van der Waals surface area contributed by atoms with Crippen molar-refractivity contribution >= 4 is 11.3 Å². The number of hydrogen-bond donors (Lipinski definition) is 1. The van der Waals surface area contributed by atoms with Crippen LogP contribution in [-0.2, 0) is 12.8 Å². The van der Waals surface area contributed by atoms with Crippen molar-refractivity contribution in [3.8, 4) is 0 Å². The van der Waals surface area contributed by atoms with Crippen molar-refractivity contribution in [2.24, 2.45) is 0 Å². The van der Waals surface area contributed by atoms with Crippen LogP contribution in [0, 0.1) is 20.8 Å². The number of nitrogens with zero attached hydrogens (tertiary/aromatic N) is 1. The van der Waals surface area contributed by atoms with Gasteiger partial charge in [-0.2, -0.15) is 0 Å². The molecule has 1 heterocycles. The molecule has 0 radical (unpaired) electrons. The number of rotatable bonds is 7. The molecule has 0 aliphatic heterocycles. The van der Waals surface area contributed by atoms with Crippen LogP contribution in [0.2, 0.25) is 0 Å². The number of nitrogens with one attached hydrogen (secondary N) is 1. The van der Waals surface area contributed by atoms with E-state index >= 15 is 0 Å². The Morgan fingerprint density at radius 3 is 2.38 bits per heavy atom. The first-order valence-corrected chi connectivity index (χ1v) is 8.66. The van der Waals surface area contributed by atoms with Gasteiger partial charge >= 0.3 is 0 Å². The predicted molar refractivity (Wildman–Crippen MR) is 92.3 cm³/mol. The molecule has 0 amide bonds. The zero-order valence-corrected chi connectivity index (χ0v) is 14.4. The normalized spacial score (nSPS) is 12.6. The van der Waals surface area contributed by atoms with E-state index in [9.17, 15) is 0 Å². The van der Waals surface area contributed by atoms with Gasteiger partial charge < -0.3 is 5.32 Å². The second-order valence-corrected chi connectivity index (χ2v) is 6.88. The molecule has 1 unspecified atom stereocenters. The van der Waals surface area contributed by atoms with E-state index in [0.29, 0.717) is 6.04 Å². The Hall–Kier alpha value is -1.19. The maximum atomic E-state index is 4.61. The lowest BCUT2D eigenvalue weighted by atomic mass is 9.99. The van der Waals surface area contributed by atoms with Crippen molar-refractivity contribution in [2.75, 3.05) is 6.54 Å². The van der Waals surface area contributed by atoms with Gasteiger partial charge in [-0.25, -0.2) is 4.98 Å². The molecule has 1 aromatic heterocycles. The van der Waals surface area contributed by atoms with E-state index in [2.05, 4.69) is 61.6 Å². The van der Waals surface area contributed by atoms with E-state index in [1.807, 2.05) is 0 Å². The van der Waals surface area contributed by atoms with Crippen molar-refractivity contribution in [3.63, 3.8) is 0 Å². The molecule has 2 nitrogen and oxygen atoms in total. The first-order chi connectivity index (χ1) is 10.1. The molecule has 114 valence electrons. The van der Waals surface area contributed by atoms with Crippen molar-refractivity contribution in [1.82, 2.24) is 10.3 Å². The fraction of sp³-hybridized carbons (Fsp3) is 0.500. The average molecular weight is 302 g/mol.